The lowest BCUT2D eigenvalue weighted by Gasteiger charge is -2.09. The number of aliphatic hydroxyl groups is 1. The minimum Gasteiger partial charge on any atom is -0.481 e. The molecule has 2 heterocycles. The van der Waals surface area contributed by atoms with E-state index in [2.05, 4.69) is 15.3 Å². The van der Waals surface area contributed by atoms with Crippen LogP contribution in [-0.4, -0.2) is 28.7 Å². The fourth-order valence-electron chi connectivity index (χ4n) is 1.31. The summed E-state index contributed by atoms with van der Waals surface area (Å²) in [7, 11) is 1.53. The summed E-state index contributed by atoms with van der Waals surface area (Å²) < 4.78 is 10.0. The first kappa shape index (κ1) is 11.4. The molecule has 2 aromatic heterocycles. The smallest absolute Gasteiger partial charge is 0.226 e. The van der Waals surface area contributed by atoms with Crippen molar-refractivity contribution in [2.75, 3.05) is 19.0 Å². The summed E-state index contributed by atoms with van der Waals surface area (Å²) in [6.07, 6.45) is 2.36. The molecule has 1 unspecified atom stereocenters. The third kappa shape index (κ3) is 2.94. The van der Waals surface area contributed by atoms with Crippen LogP contribution in [-0.2, 0) is 0 Å². The van der Waals surface area contributed by atoms with Gasteiger partial charge in [-0.1, -0.05) is 0 Å². The van der Waals surface area contributed by atoms with Crippen LogP contribution in [0.15, 0.2) is 35.1 Å². The molecule has 2 aromatic rings. The Morgan fingerprint density at radius 1 is 1.53 bits per heavy atom. The molecule has 0 amide bonds. The number of methoxy groups -OCH3 is 1. The maximum Gasteiger partial charge on any atom is 0.226 e. The van der Waals surface area contributed by atoms with Gasteiger partial charge in [-0.05, 0) is 12.1 Å². The Labute approximate surface area is 98.3 Å². The number of nitrogens with zero attached hydrogens (tertiary/aromatic N) is 2. The van der Waals surface area contributed by atoms with Crippen molar-refractivity contribution in [3.63, 3.8) is 0 Å². The summed E-state index contributed by atoms with van der Waals surface area (Å²) in [5.74, 6) is 1.37. The zero-order valence-electron chi connectivity index (χ0n) is 9.33. The van der Waals surface area contributed by atoms with Crippen LogP contribution in [0.5, 0.6) is 5.88 Å². The first-order chi connectivity index (χ1) is 8.29. The minimum atomic E-state index is -0.736. The normalized spacial score (nSPS) is 12.1. The van der Waals surface area contributed by atoms with Crippen LogP contribution in [0.25, 0.3) is 0 Å². The van der Waals surface area contributed by atoms with E-state index in [1.165, 1.54) is 13.4 Å². The van der Waals surface area contributed by atoms with Crippen LogP contribution in [0.1, 0.15) is 11.9 Å². The molecule has 0 saturated carbocycles. The van der Waals surface area contributed by atoms with Gasteiger partial charge in [-0.25, -0.2) is 4.98 Å². The highest BCUT2D eigenvalue weighted by molar-refractivity contribution is 5.27. The van der Waals surface area contributed by atoms with Gasteiger partial charge in [-0.2, -0.15) is 4.98 Å². The van der Waals surface area contributed by atoms with Gasteiger partial charge in [0.15, 0.2) is 0 Å². The summed E-state index contributed by atoms with van der Waals surface area (Å²) in [4.78, 5) is 8.06. The zero-order valence-corrected chi connectivity index (χ0v) is 9.33. The lowest BCUT2D eigenvalue weighted by Crippen LogP contribution is -2.13. The maximum absolute atomic E-state index is 9.75. The number of aliphatic hydroxyl groups excluding tert-OH is 1. The van der Waals surface area contributed by atoms with E-state index in [1.54, 1.807) is 24.4 Å². The monoisotopic (exact) mass is 235 g/mol. The average molecular weight is 235 g/mol. The van der Waals surface area contributed by atoms with Crippen LogP contribution in [0.2, 0.25) is 0 Å². The Morgan fingerprint density at radius 3 is 3.12 bits per heavy atom. The second-order valence-electron chi connectivity index (χ2n) is 3.33. The molecule has 0 fully saturated rings. The van der Waals surface area contributed by atoms with E-state index >= 15 is 0 Å². The van der Waals surface area contributed by atoms with E-state index in [9.17, 15) is 5.11 Å². The van der Waals surface area contributed by atoms with E-state index in [-0.39, 0.29) is 6.54 Å². The van der Waals surface area contributed by atoms with Crippen molar-refractivity contribution in [3.8, 4) is 5.88 Å². The van der Waals surface area contributed by atoms with Crippen molar-refractivity contribution in [1.29, 1.82) is 0 Å². The standard InChI is InChI=1S/C11H13N3O3/c1-16-10-4-5-12-11(14-10)13-7-8(15)9-3-2-6-17-9/h2-6,8,15H,7H2,1H3,(H,12,13,14). The SMILES string of the molecule is COc1ccnc(NCC(O)c2ccco2)n1. The van der Waals surface area contributed by atoms with Crippen LogP contribution >= 0.6 is 0 Å². The van der Waals surface area contributed by atoms with E-state index in [1.807, 2.05) is 0 Å². The Hall–Kier alpha value is -2.08. The first-order valence-corrected chi connectivity index (χ1v) is 5.12. The molecule has 0 saturated heterocycles. The lowest BCUT2D eigenvalue weighted by molar-refractivity contribution is 0.162. The number of hydrogen-bond acceptors (Lipinski definition) is 6. The summed E-state index contributed by atoms with van der Waals surface area (Å²) >= 11 is 0. The maximum atomic E-state index is 9.75. The molecule has 0 aliphatic rings. The van der Waals surface area contributed by atoms with Crippen LogP contribution in [0.3, 0.4) is 0 Å². The lowest BCUT2D eigenvalue weighted by atomic mass is 10.3. The zero-order chi connectivity index (χ0) is 12.1. The summed E-state index contributed by atoms with van der Waals surface area (Å²) in [6, 6.07) is 5.08. The molecule has 0 aromatic carbocycles. The third-order valence-corrected chi connectivity index (χ3v) is 2.16. The number of hydrogen-bond donors (Lipinski definition) is 2. The van der Waals surface area contributed by atoms with E-state index in [4.69, 9.17) is 9.15 Å². The molecule has 2 rings (SSSR count). The van der Waals surface area contributed by atoms with Gasteiger partial charge in [-0.15, -0.1) is 0 Å². The van der Waals surface area contributed by atoms with Gasteiger partial charge in [0.05, 0.1) is 19.9 Å². The molecule has 90 valence electrons. The van der Waals surface area contributed by atoms with Crippen molar-refractivity contribution in [2.24, 2.45) is 0 Å². The number of nitrogens with one attached hydrogen (secondary N) is 1. The first-order valence-electron chi connectivity index (χ1n) is 5.12. The van der Waals surface area contributed by atoms with Crippen LogP contribution in [0, 0.1) is 0 Å². The van der Waals surface area contributed by atoms with Crippen molar-refractivity contribution in [3.05, 3.63) is 36.4 Å². The minimum absolute atomic E-state index is 0.265. The predicted octanol–water partition coefficient (Wildman–Crippen LogP) is 1.22. The topological polar surface area (TPSA) is 80.4 Å². The molecule has 0 spiro atoms. The van der Waals surface area contributed by atoms with Crippen molar-refractivity contribution < 1.29 is 14.3 Å². The highest BCUT2D eigenvalue weighted by Crippen LogP contribution is 2.14. The highest BCUT2D eigenvalue weighted by Gasteiger charge is 2.10. The van der Waals surface area contributed by atoms with E-state index in [0.717, 1.165) is 0 Å². The molecular formula is C11H13N3O3. The van der Waals surface area contributed by atoms with Gasteiger partial charge in [0, 0.05) is 12.3 Å². The number of aromatic nitrogens is 2. The van der Waals surface area contributed by atoms with E-state index < -0.39 is 6.10 Å². The summed E-state index contributed by atoms with van der Waals surface area (Å²) in [5, 5.41) is 12.6. The van der Waals surface area contributed by atoms with E-state index in [0.29, 0.717) is 17.6 Å². The fraction of sp³-hybridized carbons (Fsp3) is 0.273. The molecule has 0 bridgehead atoms. The fourth-order valence-corrected chi connectivity index (χ4v) is 1.31. The van der Waals surface area contributed by atoms with Gasteiger partial charge in [0.1, 0.15) is 11.9 Å². The van der Waals surface area contributed by atoms with Gasteiger partial charge in [0.25, 0.3) is 0 Å². The number of rotatable bonds is 5. The van der Waals surface area contributed by atoms with Crippen LogP contribution in [0.4, 0.5) is 5.95 Å². The number of anilines is 1. The molecule has 17 heavy (non-hydrogen) atoms. The average Bonchev–Trinajstić information content (AvgIpc) is 2.90. The number of ether oxygens (including phenoxy) is 1. The van der Waals surface area contributed by atoms with Crippen LogP contribution < -0.4 is 10.1 Å². The van der Waals surface area contributed by atoms with Crippen molar-refractivity contribution in [2.45, 2.75) is 6.10 Å². The van der Waals surface area contributed by atoms with Gasteiger partial charge < -0.3 is 19.6 Å². The molecule has 2 N–H and O–H groups in total. The summed E-state index contributed by atoms with van der Waals surface area (Å²) in [6.45, 7) is 0.265. The molecule has 0 radical (unpaired) electrons. The highest BCUT2D eigenvalue weighted by atomic mass is 16.5. The quantitative estimate of drug-likeness (QED) is 0.811. The predicted molar refractivity (Wildman–Crippen MR) is 60.7 cm³/mol. The second-order valence-corrected chi connectivity index (χ2v) is 3.33. The Bertz CT molecular complexity index is 459. The second kappa shape index (κ2) is 5.31. The number of furan rings is 1. The van der Waals surface area contributed by atoms with Crippen molar-refractivity contribution >= 4 is 5.95 Å². The molecule has 1 atom stereocenters. The summed E-state index contributed by atoms with van der Waals surface area (Å²) in [5.41, 5.74) is 0. The van der Waals surface area contributed by atoms with Gasteiger partial charge in [0.2, 0.25) is 11.8 Å². The molecule has 6 nitrogen and oxygen atoms in total. The van der Waals surface area contributed by atoms with Crippen molar-refractivity contribution in [1.82, 2.24) is 9.97 Å². The third-order valence-electron chi connectivity index (χ3n) is 2.16. The molecule has 0 aliphatic carbocycles. The molecular weight excluding hydrogens is 222 g/mol. The largest absolute Gasteiger partial charge is 0.481 e. The van der Waals surface area contributed by atoms with Gasteiger partial charge in [-0.3, -0.25) is 0 Å². The molecule has 0 aliphatic heterocycles. The Morgan fingerprint density at radius 2 is 2.41 bits per heavy atom. The van der Waals surface area contributed by atoms with Gasteiger partial charge >= 0.3 is 0 Å². The Balaban J connectivity index is 1.93. The molecule has 6 heteroatoms. The Kier molecular flexibility index (Phi) is 3.56.